The first-order valence-corrected chi connectivity index (χ1v) is 8.47. The van der Waals surface area contributed by atoms with Gasteiger partial charge in [0.15, 0.2) is 9.84 Å². The van der Waals surface area contributed by atoms with Crippen LogP contribution in [0.3, 0.4) is 0 Å². The molecule has 1 aliphatic rings. The Hall–Kier alpha value is -1.40. The van der Waals surface area contributed by atoms with Gasteiger partial charge < -0.3 is 5.11 Å². The van der Waals surface area contributed by atoms with E-state index in [0.29, 0.717) is 0 Å². The maximum Gasteiger partial charge on any atom is 0.320 e. The summed E-state index contributed by atoms with van der Waals surface area (Å²) in [5.41, 5.74) is 0.879. The first-order chi connectivity index (χ1) is 9.29. The van der Waals surface area contributed by atoms with Gasteiger partial charge in [0.2, 0.25) is 0 Å². The lowest BCUT2D eigenvalue weighted by molar-refractivity contribution is -0.140. The molecule has 0 amide bonds. The number of carboxylic acid groups (broad SMARTS) is 1. The predicted molar refractivity (Wildman–Crippen MR) is 75.3 cm³/mol. The van der Waals surface area contributed by atoms with Gasteiger partial charge in [0.25, 0.3) is 0 Å². The van der Waals surface area contributed by atoms with Gasteiger partial charge in [-0.3, -0.25) is 10.1 Å². The number of nitrogens with one attached hydrogen (secondary N) is 1. The van der Waals surface area contributed by atoms with E-state index in [9.17, 15) is 18.3 Å². The number of aliphatic carboxylic acids is 1. The van der Waals surface area contributed by atoms with Crippen LogP contribution in [-0.2, 0) is 14.6 Å². The smallest absolute Gasteiger partial charge is 0.320 e. The predicted octanol–water partition coefficient (Wildman–Crippen LogP) is 1.60. The molecule has 2 N–H and O–H groups in total. The third-order valence-electron chi connectivity index (χ3n) is 3.60. The maximum absolute atomic E-state index is 11.4. The topological polar surface area (TPSA) is 83.5 Å². The zero-order valence-corrected chi connectivity index (χ0v) is 12.4. The molecule has 2 rings (SSSR count). The monoisotopic (exact) mass is 297 g/mol. The highest BCUT2D eigenvalue weighted by molar-refractivity contribution is 7.90. The first kappa shape index (κ1) is 15.0. The third kappa shape index (κ3) is 3.58. The summed E-state index contributed by atoms with van der Waals surface area (Å²) in [7, 11) is -3.20. The highest BCUT2D eigenvalue weighted by atomic mass is 32.2. The molecule has 2 unspecified atom stereocenters. The minimum Gasteiger partial charge on any atom is -0.480 e. The molecule has 1 aliphatic carbocycles. The lowest BCUT2D eigenvalue weighted by atomic mass is 10.1. The van der Waals surface area contributed by atoms with Gasteiger partial charge in [-0.2, -0.15) is 0 Å². The van der Waals surface area contributed by atoms with Gasteiger partial charge in [0.05, 0.1) is 4.90 Å². The molecule has 0 radical (unpaired) electrons. The summed E-state index contributed by atoms with van der Waals surface area (Å²) in [6.07, 6.45) is 3.06. The summed E-state index contributed by atoms with van der Waals surface area (Å²) in [6.45, 7) is 1.88. The molecule has 1 aromatic carbocycles. The zero-order chi connectivity index (χ0) is 14.9. The van der Waals surface area contributed by atoms with Crippen molar-refractivity contribution in [2.45, 2.75) is 36.7 Å². The van der Waals surface area contributed by atoms with Crippen molar-refractivity contribution in [3.63, 3.8) is 0 Å². The molecule has 6 heteroatoms. The number of carbonyl (C=O) groups is 1. The van der Waals surface area contributed by atoms with Gasteiger partial charge in [-0.25, -0.2) is 8.42 Å². The minimum absolute atomic E-state index is 0.134. The van der Waals surface area contributed by atoms with Gasteiger partial charge in [-0.05, 0) is 43.4 Å². The molecule has 0 aromatic heterocycles. The van der Waals surface area contributed by atoms with Crippen molar-refractivity contribution in [3.8, 4) is 0 Å². The number of benzene rings is 1. The molecule has 1 aromatic rings. The number of hydrogen-bond acceptors (Lipinski definition) is 4. The second-order valence-corrected chi connectivity index (χ2v) is 7.40. The molecule has 0 spiro atoms. The molecule has 1 saturated carbocycles. The molecule has 110 valence electrons. The second kappa shape index (κ2) is 5.54. The Balaban J connectivity index is 2.09. The van der Waals surface area contributed by atoms with Crippen LogP contribution in [-0.4, -0.2) is 31.8 Å². The van der Waals surface area contributed by atoms with E-state index in [1.165, 1.54) is 0 Å². The van der Waals surface area contributed by atoms with E-state index >= 15 is 0 Å². The molecule has 20 heavy (non-hydrogen) atoms. The molecule has 0 bridgehead atoms. The molecule has 1 fully saturated rings. The molecule has 0 aliphatic heterocycles. The van der Waals surface area contributed by atoms with Crippen LogP contribution >= 0.6 is 0 Å². The summed E-state index contributed by atoms with van der Waals surface area (Å²) in [6, 6.07) is 5.88. The standard InChI is InChI=1S/C14H19NO4S/c1-9(15-13(14(16)17)11-3-4-11)10-5-7-12(8-6-10)20(2,18)19/h5-9,11,13,15H,3-4H2,1-2H3,(H,16,17). The summed E-state index contributed by atoms with van der Waals surface area (Å²) in [4.78, 5) is 11.5. The summed E-state index contributed by atoms with van der Waals surface area (Å²) in [5.74, 6) is -0.614. The number of hydrogen-bond donors (Lipinski definition) is 2. The summed E-state index contributed by atoms with van der Waals surface area (Å²) >= 11 is 0. The molecular formula is C14H19NO4S. The van der Waals surface area contributed by atoms with Crippen molar-refractivity contribution in [2.24, 2.45) is 5.92 Å². The van der Waals surface area contributed by atoms with Crippen LogP contribution < -0.4 is 5.32 Å². The average Bonchev–Trinajstić information content (AvgIpc) is 3.18. The Morgan fingerprint density at radius 1 is 1.30 bits per heavy atom. The Bertz CT molecular complexity index is 590. The van der Waals surface area contributed by atoms with Crippen LogP contribution in [0, 0.1) is 5.92 Å². The van der Waals surface area contributed by atoms with Crippen molar-refractivity contribution in [3.05, 3.63) is 29.8 Å². The van der Waals surface area contributed by atoms with Gasteiger partial charge >= 0.3 is 5.97 Å². The summed E-state index contributed by atoms with van der Waals surface area (Å²) < 4.78 is 22.8. The molecule has 5 nitrogen and oxygen atoms in total. The van der Waals surface area contributed by atoms with Gasteiger partial charge in [0, 0.05) is 12.3 Å². The Morgan fingerprint density at radius 2 is 1.85 bits per heavy atom. The van der Waals surface area contributed by atoms with Crippen molar-refractivity contribution in [1.29, 1.82) is 0 Å². The zero-order valence-electron chi connectivity index (χ0n) is 11.5. The van der Waals surface area contributed by atoms with Crippen molar-refractivity contribution < 1.29 is 18.3 Å². The molecule has 2 atom stereocenters. The minimum atomic E-state index is -3.20. The van der Waals surface area contributed by atoms with E-state index in [1.54, 1.807) is 24.3 Å². The molecular weight excluding hydrogens is 278 g/mol. The molecule has 0 saturated heterocycles. The second-order valence-electron chi connectivity index (χ2n) is 5.38. The van der Waals surface area contributed by atoms with Crippen molar-refractivity contribution >= 4 is 15.8 Å². The lowest BCUT2D eigenvalue weighted by Gasteiger charge is -2.20. The largest absolute Gasteiger partial charge is 0.480 e. The van der Waals surface area contributed by atoms with Gasteiger partial charge in [-0.15, -0.1) is 0 Å². The SMILES string of the molecule is CC(NC(C(=O)O)C1CC1)c1ccc(S(C)(=O)=O)cc1. The molecule has 0 heterocycles. The van der Waals surface area contributed by atoms with E-state index in [0.717, 1.165) is 24.7 Å². The maximum atomic E-state index is 11.4. The normalized spacial score (nSPS) is 18.5. The number of rotatable bonds is 6. The lowest BCUT2D eigenvalue weighted by Crippen LogP contribution is -2.40. The Labute approximate surface area is 118 Å². The number of sulfone groups is 1. The third-order valence-corrected chi connectivity index (χ3v) is 4.73. The Morgan fingerprint density at radius 3 is 2.25 bits per heavy atom. The highest BCUT2D eigenvalue weighted by Crippen LogP contribution is 2.34. The quantitative estimate of drug-likeness (QED) is 0.833. The summed E-state index contributed by atoms with van der Waals surface area (Å²) in [5, 5.41) is 12.3. The van der Waals surface area contributed by atoms with Gasteiger partial charge in [0.1, 0.15) is 6.04 Å². The van der Waals surface area contributed by atoms with Gasteiger partial charge in [-0.1, -0.05) is 12.1 Å². The average molecular weight is 297 g/mol. The van der Waals surface area contributed by atoms with Crippen LogP contribution in [0.15, 0.2) is 29.2 Å². The van der Waals surface area contributed by atoms with Crippen LogP contribution in [0.25, 0.3) is 0 Å². The van der Waals surface area contributed by atoms with E-state index in [4.69, 9.17) is 0 Å². The fourth-order valence-electron chi connectivity index (χ4n) is 2.21. The van der Waals surface area contributed by atoms with Crippen LogP contribution in [0.2, 0.25) is 0 Å². The number of carboxylic acids is 1. The Kier molecular flexibility index (Phi) is 4.15. The first-order valence-electron chi connectivity index (χ1n) is 6.58. The van der Waals surface area contributed by atoms with Crippen molar-refractivity contribution in [2.75, 3.05) is 6.26 Å². The van der Waals surface area contributed by atoms with E-state index in [-0.39, 0.29) is 16.9 Å². The fraction of sp³-hybridized carbons (Fsp3) is 0.500. The van der Waals surface area contributed by atoms with Crippen LogP contribution in [0.5, 0.6) is 0 Å². The van der Waals surface area contributed by atoms with Crippen molar-refractivity contribution in [1.82, 2.24) is 5.32 Å². The highest BCUT2D eigenvalue weighted by Gasteiger charge is 2.36. The fourth-order valence-corrected chi connectivity index (χ4v) is 2.84. The van der Waals surface area contributed by atoms with E-state index < -0.39 is 21.8 Å². The van der Waals surface area contributed by atoms with Crippen LogP contribution in [0.4, 0.5) is 0 Å². The van der Waals surface area contributed by atoms with E-state index in [1.807, 2.05) is 6.92 Å². The van der Waals surface area contributed by atoms with E-state index in [2.05, 4.69) is 5.32 Å². The van der Waals surface area contributed by atoms with Crippen LogP contribution in [0.1, 0.15) is 31.4 Å².